The number of benzene rings is 1. The molecule has 1 aliphatic rings. The number of nitrogens with two attached hydrogens (primary N) is 1. The summed E-state index contributed by atoms with van der Waals surface area (Å²) in [4.78, 5) is 2.17. The van der Waals surface area contributed by atoms with E-state index in [0.717, 1.165) is 11.4 Å². The summed E-state index contributed by atoms with van der Waals surface area (Å²) in [6.07, 6.45) is 0. The predicted octanol–water partition coefficient (Wildman–Crippen LogP) is 0.367. The number of anilines is 2. The molecular weight excluding hydrogens is 278 g/mol. The highest BCUT2D eigenvalue weighted by Crippen LogP contribution is 2.19. The molecule has 0 aliphatic carbocycles. The van der Waals surface area contributed by atoms with Gasteiger partial charge in [0.2, 0.25) is 10.0 Å². The van der Waals surface area contributed by atoms with E-state index in [4.69, 9.17) is 10.5 Å². The number of hydrogen-bond acceptors (Lipinski definition) is 5. The molecule has 0 saturated carbocycles. The van der Waals surface area contributed by atoms with Gasteiger partial charge < -0.3 is 15.4 Å². The smallest absolute Gasteiger partial charge is 0.216 e. The fourth-order valence-corrected chi connectivity index (χ4v) is 3.58. The van der Waals surface area contributed by atoms with Crippen molar-refractivity contribution in [3.63, 3.8) is 0 Å². The summed E-state index contributed by atoms with van der Waals surface area (Å²) in [7, 11) is -1.69. The largest absolute Gasteiger partial charge is 0.399 e. The first-order chi connectivity index (χ1) is 9.53. The Balaban J connectivity index is 1.93. The lowest BCUT2D eigenvalue weighted by molar-refractivity contribution is 0.215. The van der Waals surface area contributed by atoms with Crippen LogP contribution in [0.3, 0.4) is 0 Å². The fourth-order valence-electron chi connectivity index (χ4n) is 2.23. The maximum Gasteiger partial charge on any atom is 0.216 e. The van der Waals surface area contributed by atoms with Gasteiger partial charge in [0.15, 0.2) is 0 Å². The number of rotatable bonds is 5. The van der Waals surface area contributed by atoms with E-state index in [1.807, 2.05) is 24.3 Å². The second-order valence-corrected chi connectivity index (χ2v) is 6.87. The number of nitrogen functional groups attached to an aromatic ring is 1. The van der Waals surface area contributed by atoms with Gasteiger partial charge in [0, 0.05) is 44.7 Å². The molecule has 1 heterocycles. The quantitative estimate of drug-likeness (QED) is 0.795. The molecule has 6 nitrogen and oxygen atoms in total. The van der Waals surface area contributed by atoms with Crippen LogP contribution in [0.15, 0.2) is 24.3 Å². The maximum absolute atomic E-state index is 12.0. The molecule has 7 heteroatoms. The van der Waals surface area contributed by atoms with Gasteiger partial charge in [0.25, 0.3) is 0 Å². The number of ether oxygens (including phenoxy) is 1. The van der Waals surface area contributed by atoms with Gasteiger partial charge in [-0.15, -0.1) is 0 Å². The minimum absolute atomic E-state index is 0.0470. The third-order valence-electron chi connectivity index (χ3n) is 3.44. The Kier molecular flexibility index (Phi) is 4.85. The average molecular weight is 299 g/mol. The summed E-state index contributed by atoms with van der Waals surface area (Å²) in [6.45, 7) is 2.64. The fraction of sp³-hybridized carbons (Fsp3) is 0.538. The van der Waals surface area contributed by atoms with Crippen molar-refractivity contribution in [2.75, 3.05) is 56.3 Å². The Hall–Kier alpha value is -1.31. The minimum Gasteiger partial charge on any atom is -0.399 e. The molecule has 0 radical (unpaired) electrons. The van der Waals surface area contributed by atoms with Crippen molar-refractivity contribution in [2.45, 2.75) is 0 Å². The average Bonchev–Trinajstić information content (AvgIpc) is 2.46. The zero-order valence-corrected chi connectivity index (χ0v) is 12.5. The Bertz CT molecular complexity index is 522. The van der Waals surface area contributed by atoms with E-state index in [1.54, 1.807) is 4.31 Å². The number of nitrogens with zero attached hydrogens (tertiary/aromatic N) is 2. The number of hydrogen-bond donors (Lipinski definition) is 1. The van der Waals surface area contributed by atoms with Crippen molar-refractivity contribution in [3.05, 3.63) is 24.3 Å². The first-order valence-electron chi connectivity index (χ1n) is 6.60. The highest BCUT2D eigenvalue weighted by molar-refractivity contribution is 7.89. The molecule has 0 unspecified atom stereocenters. The first kappa shape index (κ1) is 15.1. The normalized spacial score (nSPS) is 17.4. The molecule has 1 aromatic carbocycles. The Morgan fingerprint density at radius 2 is 1.75 bits per heavy atom. The highest BCUT2D eigenvalue weighted by atomic mass is 32.2. The highest BCUT2D eigenvalue weighted by Gasteiger charge is 2.26. The van der Waals surface area contributed by atoms with Crippen LogP contribution in [-0.4, -0.2) is 58.4 Å². The van der Waals surface area contributed by atoms with Crippen LogP contribution < -0.4 is 10.6 Å². The lowest BCUT2D eigenvalue weighted by Gasteiger charge is -2.35. The monoisotopic (exact) mass is 299 g/mol. The van der Waals surface area contributed by atoms with E-state index in [9.17, 15) is 8.42 Å². The molecule has 1 aliphatic heterocycles. The minimum atomic E-state index is -3.20. The van der Waals surface area contributed by atoms with Crippen molar-refractivity contribution in [3.8, 4) is 0 Å². The molecule has 1 fully saturated rings. The van der Waals surface area contributed by atoms with E-state index in [1.165, 1.54) is 7.11 Å². The van der Waals surface area contributed by atoms with Crippen LogP contribution in [0, 0.1) is 0 Å². The second kappa shape index (κ2) is 6.43. The zero-order valence-electron chi connectivity index (χ0n) is 11.7. The third-order valence-corrected chi connectivity index (χ3v) is 5.27. The predicted molar refractivity (Wildman–Crippen MR) is 80.3 cm³/mol. The van der Waals surface area contributed by atoms with E-state index in [-0.39, 0.29) is 12.4 Å². The van der Waals surface area contributed by atoms with E-state index in [0.29, 0.717) is 26.2 Å². The first-order valence-corrected chi connectivity index (χ1v) is 8.21. The molecular formula is C13H21N3O3S. The van der Waals surface area contributed by atoms with Gasteiger partial charge in [-0.2, -0.15) is 4.31 Å². The second-order valence-electron chi connectivity index (χ2n) is 4.79. The zero-order chi connectivity index (χ0) is 14.6. The van der Waals surface area contributed by atoms with Crippen LogP contribution in [0.5, 0.6) is 0 Å². The lowest BCUT2D eigenvalue weighted by atomic mass is 10.2. The van der Waals surface area contributed by atoms with Gasteiger partial charge in [-0.1, -0.05) is 0 Å². The van der Waals surface area contributed by atoms with Gasteiger partial charge in [-0.3, -0.25) is 0 Å². The van der Waals surface area contributed by atoms with Gasteiger partial charge >= 0.3 is 0 Å². The lowest BCUT2D eigenvalue weighted by Crippen LogP contribution is -2.49. The molecule has 0 amide bonds. The summed E-state index contributed by atoms with van der Waals surface area (Å²) < 4.78 is 30.5. The summed E-state index contributed by atoms with van der Waals surface area (Å²) in [5.41, 5.74) is 7.47. The number of methoxy groups -OCH3 is 1. The van der Waals surface area contributed by atoms with Crippen molar-refractivity contribution < 1.29 is 13.2 Å². The Morgan fingerprint density at radius 1 is 1.15 bits per heavy atom. The van der Waals surface area contributed by atoms with Gasteiger partial charge in [-0.05, 0) is 24.3 Å². The van der Waals surface area contributed by atoms with Crippen molar-refractivity contribution >= 4 is 21.4 Å². The molecule has 20 heavy (non-hydrogen) atoms. The summed E-state index contributed by atoms with van der Waals surface area (Å²) in [5, 5.41) is 0. The maximum atomic E-state index is 12.0. The molecule has 0 spiro atoms. The standard InChI is InChI=1S/C13H21N3O3S/c1-19-10-11-20(17,18)16-8-6-15(7-9-16)13-4-2-12(14)3-5-13/h2-5H,6-11,14H2,1H3. The SMILES string of the molecule is COCCS(=O)(=O)N1CCN(c2ccc(N)cc2)CC1. The molecule has 0 atom stereocenters. The van der Waals surface area contributed by atoms with Gasteiger partial charge in [-0.25, -0.2) is 8.42 Å². The number of sulfonamides is 1. The Morgan fingerprint density at radius 3 is 2.30 bits per heavy atom. The summed E-state index contributed by atoms with van der Waals surface area (Å²) >= 11 is 0. The molecule has 1 saturated heterocycles. The van der Waals surface area contributed by atoms with E-state index in [2.05, 4.69) is 4.90 Å². The molecule has 2 N–H and O–H groups in total. The van der Waals surface area contributed by atoms with Gasteiger partial charge in [0.05, 0.1) is 12.4 Å². The number of piperazine rings is 1. The topological polar surface area (TPSA) is 75.9 Å². The van der Waals surface area contributed by atoms with Crippen LogP contribution in [0.25, 0.3) is 0 Å². The molecule has 0 bridgehead atoms. The van der Waals surface area contributed by atoms with Crippen LogP contribution in [-0.2, 0) is 14.8 Å². The molecule has 2 rings (SSSR count). The van der Waals surface area contributed by atoms with Crippen molar-refractivity contribution in [2.24, 2.45) is 0 Å². The summed E-state index contributed by atoms with van der Waals surface area (Å²) in [5.74, 6) is 0.0470. The molecule has 1 aromatic rings. The van der Waals surface area contributed by atoms with Crippen LogP contribution in [0.1, 0.15) is 0 Å². The summed E-state index contributed by atoms with van der Waals surface area (Å²) in [6, 6.07) is 7.64. The van der Waals surface area contributed by atoms with E-state index >= 15 is 0 Å². The Labute approximate surface area is 120 Å². The van der Waals surface area contributed by atoms with Crippen molar-refractivity contribution in [1.82, 2.24) is 4.31 Å². The van der Waals surface area contributed by atoms with Gasteiger partial charge in [0.1, 0.15) is 0 Å². The molecule has 0 aromatic heterocycles. The van der Waals surface area contributed by atoms with Crippen LogP contribution in [0.4, 0.5) is 11.4 Å². The van der Waals surface area contributed by atoms with Crippen LogP contribution >= 0.6 is 0 Å². The van der Waals surface area contributed by atoms with Crippen LogP contribution in [0.2, 0.25) is 0 Å². The van der Waals surface area contributed by atoms with Crippen molar-refractivity contribution in [1.29, 1.82) is 0 Å². The van der Waals surface area contributed by atoms with E-state index < -0.39 is 10.0 Å². The molecule has 112 valence electrons. The third kappa shape index (κ3) is 3.62.